The Labute approximate surface area is 94.2 Å². The summed E-state index contributed by atoms with van der Waals surface area (Å²) < 4.78 is 5.14. The van der Waals surface area contributed by atoms with Crippen molar-refractivity contribution in [3.8, 4) is 5.75 Å². The Balaban J connectivity index is 1.87. The van der Waals surface area contributed by atoms with Crippen molar-refractivity contribution in [2.24, 2.45) is 0 Å². The van der Waals surface area contributed by atoms with Crippen LogP contribution in [0.5, 0.6) is 5.75 Å². The molecule has 0 heterocycles. The molecule has 0 unspecified atom stereocenters. The van der Waals surface area contributed by atoms with E-state index in [4.69, 9.17) is 9.84 Å². The van der Waals surface area contributed by atoms with Crippen LogP contribution in [0.4, 0.5) is 0 Å². The topological polar surface area (TPSA) is 58.6 Å². The van der Waals surface area contributed by atoms with Gasteiger partial charge in [0, 0.05) is 18.7 Å². The third kappa shape index (κ3) is 2.33. The standard InChI is InChI=1S/C12H15NO3/c1-16-11-6-9(7-11)13-12(15)8-2-4-10(14)5-3-8/h2-5,9,11,14H,6-7H2,1H3,(H,13,15). The highest BCUT2D eigenvalue weighted by Gasteiger charge is 2.30. The zero-order valence-corrected chi connectivity index (χ0v) is 9.14. The third-order valence-electron chi connectivity index (χ3n) is 2.89. The Morgan fingerprint density at radius 2 is 2.00 bits per heavy atom. The summed E-state index contributed by atoms with van der Waals surface area (Å²) >= 11 is 0. The van der Waals surface area contributed by atoms with Crippen LogP contribution in [0.25, 0.3) is 0 Å². The molecular formula is C12H15NO3. The molecule has 0 bridgehead atoms. The molecule has 1 aliphatic rings. The van der Waals surface area contributed by atoms with E-state index in [-0.39, 0.29) is 23.8 Å². The molecule has 1 saturated carbocycles. The number of carbonyl (C=O) groups is 1. The summed E-state index contributed by atoms with van der Waals surface area (Å²) in [5, 5.41) is 12.0. The fraction of sp³-hybridized carbons (Fsp3) is 0.417. The Kier molecular flexibility index (Phi) is 3.10. The molecule has 0 aromatic heterocycles. The fourth-order valence-electron chi connectivity index (χ4n) is 1.76. The number of benzene rings is 1. The first kappa shape index (κ1) is 11.0. The lowest BCUT2D eigenvalue weighted by atomic mass is 9.89. The number of aromatic hydroxyl groups is 1. The van der Waals surface area contributed by atoms with Gasteiger partial charge in [0.05, 0.1) is 6.10 Å². The number of hydrogen-bond donors (Lipinski definition) is 2. The average molecular weight is 221 g/mol. The number of carbonyl (C=O) groups excluding carboxylic acids is 1. The summed E-state index contributed by atoms with van der Waals surface area (Å²) in [7, 11) is 1.68. The number of methoxy groups -OCH3 is 1. The third-order valence-corrected chi connectivity index (χ3v) is 2.89. The number of hydrogen-bond acceptors (Lipinski definition) is 3. The average Bonchev–Trinajstić information content (AvgIpc) is 2.23. The molecule has 0 radical (unpaired) electrons. The van der Waals surface area contributed by atoms with E-state index >= 15 is 0 Å². The lowest BCUT2D eigenvalue weighted by Gasteiger charge is -2.34. The number of rotatable bonds is 3. The summed E-state index contributed by atoms with van der Waals surface area (Å²) in [6.07, 6.45) is 2.03. The summed E-state index contributed by atoms with van der Waals surface area (Å²) in [6, 6.07) is 6.45. The second kappa shape index (κ2) is 4.53. The first-order valence-corrected chi connectivity index (χ1v) is 5.31. The molecule has 0 spiro atoms. The summed E-state index contributed by atoms with van der Waals surface area (Å²) in [6.45, 7) is 0. The Hall–Kier alpha value is -1.55. The SMILES string of the molecule is COC1CC(NC(=O)c2ccc(O)cc2)C1. The second-order valence-electron chi connectivity index (χ2n) is 4.05. The first-order chi connectivity index (χ1) is 7.69. The molecule has 4 nitrogen and oxygen atoms in total. The molecule has 1 aromatic carbocycles. The van der Waals surface area contributed by atoms with Crippen LogP contribution in [0.15, 0.2) is 24.3 Å². The van der Waals surface area contributed by atoms with Crippen LogP contribution in [0.1, 0.15) is 23.2 Å². The van der Waals surface area contributed by atoms with Gasteiger partial charge in [-0.1, -0.05) is 0 Å². The fourth-order valence-corrected chi connectivity index (χ4v) is 1.76. The zero-order valence-electron chi connectivity index (χ0n) is 9.14. The lowest BCUT2D eigenvalue weighted by Crippen LogP contribution is -2.47. The van der Waals surface area contributed by atoms with Gasteiger partial charge < -0.3 is 15.2 Å². The smallest absolute Gasteiger partial charge is 0.251 e. The van der Waals surface area contributed by atoms with Crippen LogP contribution in [0.3, 0.4) is 0 Å². The summed E-state index contributed by atoms with van der Waals surface area (Å²) in [4.78, 5) is 11.7. The minimum atomic E-state index is -0.0976. The Morgan fingerprint density at radius 3 is 2.56 bits per heavy atom. The van der Waals surface area contributed by atoms with Crippen molar-refractivity contribution in [1.82, 2.24) is 5.32 Å². The first-order valence-electron chi connectivity index (χ1n) is 5.31. The highest BCUT2D eigenvalue weighted by atomic mass is 16.5. The van der Waals surface area contributed by atoms with E-state index < -0.39 is 0 Å². The number of amides is 1. The van der Waals surface area contributed by atoms with Gasteiger partial charge in [-0.3, -0.25) is 4.79 Å². The highest BCUT2D eigenvalue weighted by Crippen LogP contribution is 2.22. The van der Waals surface area contributed by atoms with E-state index in [2.05, 4.69) is 5.32 Å². The van der Waals surface area contributed by atoms with E-state index in [1.165, 1.54) is 12.1 Å². The number of nitrogens with one attached hydrogen (secondary N) is 1. The molecule has 0 saturated heterocycles. The van der Waals surface area contributed by atoms with Gasteiger partial charge in [0.2, 0.25) is 0 Å². The van der Waals surface area contributed by atoms with E-state index in [1.807, 2.05) is 0 Å². The number of phenols is 1. The molecule has 2 rings (SSSR count). The van der Waals surface area contributed by atoms with Gasteiger partial charge in [-0.25, -0.2) is 0 Å². The van der Waals surface area contributed by atoms with Crippen molar-refractivity contribution in [2.45, 2.75) is 25.0 Å². The molecule has 1 aromatic rings. The van der Waals surface area contributed by atoms with Gasteiger partial charge in [0.25, 0.3) is 5.91 Å². The predicted octanol–water partition coefficient (Wildman–Crippen LogP) is 1.30. The van der Waals surface area contributed by atoms with Gasteiger partial charge in [-0.2, -0.15) is 0 Å². The molecule has 2 N–H and O–H groups in total. The van der Waals surface area contributed by atoms with Gasteiger partial charge in [0.15, 0.2) is 0 Å². The predicted molar refractivity (Wildman–Crippen MR) is 59.4 cm³/mol. The maximum Gasteiger partial charge on any atom is 0.251 e. The quantitative estimate of drug-likeness (QED) is 0.808. The molecule has 1 aliphatic carbocycles. The maximum atomic E-state index is 11.7. The van der Waals surface area contributed by atoms with Gasteiger partial charge in [0.1, 0.15) is 5.75 Å². The van der Waals surface area contributed by atoms with E-state index in [0.29, 0.717) is 5.56 Å². The minimum absolute atomic E-state index is 0.0976. The zero-order chi connectivity index (χ0) is 11.5. The van der Waals surface area contributed by atoms with Crippen LogP contribution in [-0.4, -0.2) is 30.3 Å². The summed E-state index contributed by atoms with van der Waals surface area (Å²) in [5.74, 6) is 0.0687. The lowest BCUT2D eigenvalue weighted by molar-refractivity contribution is 0.0176. The van der Waals surface area contributed by atoms with E-state index in [1.54, 1.807) is 19.2 Å². The van der Waals surface area contributed by atoms with Gasteiger partial charge in [-0.05, 0) is 37.1 Å². The maximum absolute atomic E-state index is 11.7. The molecule has 4 heteroatoms. The number of phenolic OH excluding ortho intramolecular Hbond substituents is 1. The van der Waals surface area contributed by atoms with Crippen molar-refractivity contribution in [3.05, 3.63) is 29.8 Å². The van der Waals surface area contributed by atoms with Crippen LogP contribution in [0, 0.1) is 0 Å². The minimum Gasteiger partial charge on any atom is -0.508 e. The molecule has 86 valence electrons. The molecule has 0 aliphatic heterocycles. The van der Waals surface area contributed by atoms with E-state index in [0.717, 1.165) is 12.8 Å². The molecule has 0 atom stereocenters. The second-order valence-corrected chi connectivity index (χ2v) is 4.05. The largest absolute Gasteiger partial charge is 0.508 e. The van der Waals surface area contributed by atoms with Gasteiger partial charge in [-0.15, -0.1) is 0 Å². The van der Waals surface area contributed by atoms with Gasteiger partial charge >= 0.3 is 0 Å². The van der Waals surface area contributed by atoms with Crippen molar-refractivity contribution >= 4 is 5.91 Å². The van der Waals surface area contributed by atoms with Crippen LogP contribution < -0.4 is 5.32 Å². The van der Waals surface area contributed by atoms with Crippen molar-refractivity contribution in [3.63, 3.8) is 0 Å². The molecule has 1 amide bonds. The van der Waals surface area contributed by atoms with Crippen molar-refractivity contribution < 1.29 is 14.6 Å². The van der Waals surface area contributed by atoms with Crippen molar-refractivity contribution in [1.29, 1.82) is 0 Å². The van der Waals surface area contributed by atoms with Crippen LogP contribution in [-0.2, 0) is 4.74 Å². The normalized spacial score (nSPS) is 23.6. The van der Waals surface area contributed by atoms with Crippen molar-refractivity contribution in [2.75, 3.05) is 7.11 Å². The number of ether oxygens (including phenoxy) is 1. The van der Waals surface area contributed by atoms with Crippen LogP contribution in [0.2, 0.25) is 0 Å². The summed E-state index contributed by atoms with van der Waals surface area (Å²) in [5.41, 5.74) is 0.568. The van der Waals surface area contributed by atoms with Crippen LogP contribution >= 0.6 is 0 Å². The molecular weight excluding hydrogens is 206 g/mol. The van der Waals surface area contributed by atoms with E-state index in [9.17, 15) is 4.79 Å². The monoisotopic (exact) mass is 221 g/mol. The Morgan fingerprint density at radius 1 is 1.38 bits per heavy atom. The highest BCUT2D eigenvalue weighted by molar-refractivity contribution is 5.94. The molecule has 1 fully saturated rings. The Bertz CT molecular complexity index is 368. The molecule has 16 heavy (non-hydrogen) atoms.